The summed E-state index contributed by atoms with van der Waals surface area (Å²) in [5.74, 6) is -1.16. The summed E-state index contributed by atoms with van der Waals surface area (Å²) in [4.78, 5) is 26.0. The highest BCUT2D eigenvalue weighted by Crippen LogP contribution is 2.45. The van der Waals surface area contributed by atoms with Gasteiger partial charge in [-0.05, 0) is 25.3 Å². The van der Waals surface area contributed by atoms with Gasteiger partial charge in [-0.3, -0.25) is 9.59 Å². The van der Waals surface area contributed by atoms with Crippen LogP contribution in [0.25, 0.3) is 17.1 Å². The average molecular weight is 406 g/mol. The molecule has 0 atom stereocenters. The van der Waals surface area contributed by atoms with E-state index in [9.17, 15) is 27.9 Å². The topological polar surface area (TPSA) is 67.5 Å². The van der Waals surface area contributed by atoms with Crippen LogP contribution in [0.15, 0.2) is 45.1 Å². The number of hydrogen-bond acceptors (Lipinski definition) is 4. The zero-order valence-corrected chi connectivity index (χ0v) is 16.3. The summed E-state index contributed by atoms with van der Waals surface area (Å²) in [5, 5.41) is 10.6. The van der Waals surface area contributed by atoms with Crippen molar-refractivity contribution in [2.45, 2.75) is 51.6 Å². The van der Waals surface area contributed by atoms with E-state index in [4.69, 9.17) is 4.42 Å². The van der Waals surface area contributed by atoms with Gasteiger partial charge in [0.25, 0.3) is 0 Å². The lowest BCUT2D eigenvalue weighted by molar-refractivity contribution is -0.137. The summed E-state index contributed by atoms with van der Waals surface area (Å²) in [6, 6.07) is 5.72. The first-order valence-corrected chi connectivity index (χ1v) is 9.44. The van der Waals surface area contributed by atoms with Crippen LogP contribution in [0.3, 0.4) is 0 Å². The van der Waals surface area contributed by atoms with Crippen LogP contribution in [0, 0.1) is 0 Å². The minimum absolute atomic E-state index is 0.0679. The number of halogens is 3. The molecule has 0 aliphatic heterocycles. The van der Waals surface area contributed by atoms with Gasteiger partial charge in [0.1, 0.15) is 22.8 Å². The normalized spacial score (nSPS) is 16.1. The fraction of sp³-hybridized carbons (Fsp3) is 0.364. The number of ketones is 1. The second kappa shape index (κ2) is 7.21. The van der Waals surface area contributed by atoms with Gasteiger partial charge in [0.2, 0.25) is 0 Å². The Labute approximate surface area is 165 Å². The van der Waals surface area contributed by atoms with Crippen LogP contribution in [0.4, 0.5) is 13.2 Å². The minimum Gasteiger partial charge on any atom is -0.507 e. The number of aliphatic hydroxyl groups is 1. The SMILES string of the molecule is CCC1=C(O)c2c(oc(-c3ccccc3C(F)(F)F)cc2=O)C(CC)(CC)C1=O. The quantitative estimate of drug-likeness (QED) is 0.713. The predicted molar refractivity (Wildman–Crippen MR) is 103 cm³/mol. The second-order valence-electron chi connectivity index (χ2n) is 7.02. The Balaban J connectivity index is 2.40. The first kappa shape index (κ1) is 20.9. The highest BCUT2D eigenvalue weighted by atomic mass is 19.4. The molecular weight excluding hydrogens is 385 g/mol. The molecule has 1 aromatic carbocycles. The maximum Gasteiger partial charge on any atom is 0.417 e. The molecule has 0 unspecified atom stereocenters. The molecular formula is C22H21F3O4. The number of fused-ring (bicyclic) bond motifs is 1. The van der Waals surface area contributed by atoms with Crippen molar-refractivity contribution in [3.63, 3.8) is 0 Å². The van der Waals surface area contributed by atoms with Crippen LogP contribution in [0.2, 0.25) is 0 Å². The average Bonchev–Trinajstić information content (AvgIpc) is 2.68. The van der Waals surface area contributed by atoms with Crippen molar-refractivity contribution in [2.75, 3.05) is 0 Å². The van der Waals surface area contributed by atoms with Crippen LogP contribution < -0.4 is 5.43 Å². The Bertz CT molecular complexity index is 1060. The van der Waals surface area contributed by atoms with Crippen molar-refractivity contribution in [3.05, 3.63) is 63.0 Å². The molecule has 7 heteroatoms. The van der Waals surface area contributed by atoms with E-state index in [-0.39, 0.29) is 53.3 Å². The lowest BCUT2D eigenvalue weighted by atomic mass is 9.68. The van der Waals surface area contributed by atoms with Gasteiger partial charge in [-0.15, -0.1) is 0 Å². The summed E-state index contributed by atoms with van der Waals surface area (Å²) in [7, 11) is 0. The molecule has 4 nitrogen and oxygen atoms in total. The summed E-state index contributed by atoms with van der Waals surface area (Å²) in [6.45, 7) is 5.19. The van der Waals surface area contributed by atoms with Crippen LogP contribution in [0.5, 0.6) is 0 Å². The van der Waals surface area contributed by atoms with Crippen molar-refractivity contribution < 1.29 is 27.5 Å². The smallest absolute Gasteiger partial charge is 0.417 e. The Hall–Kier alpha value is -2.83. The van der Waals surface area contributed by atoms with Gasteiger partial charge in [-0.25, -0.2) is 0 Å². The highest BCUT2D eigenvalue weighted by Gasteiger charge is 2.48. The molecule has 29 heavy (non-hydrogen) atoms. The number of rotatable bonds is 4. The number of Topliss-reactive ketones (excluding diaryl/α,β-unsaturated/α-hetero) is 1. The fourth-order valence-corrected chi connectivity index (χ4v) is 4.00. The molecule has 1 aliphatic carbocycles. The zero-order chi connectivity index (χ0) is 21.6. The Morgan fingerprint density at radius 3 is 2.24 bits per heavy atom. The summed E-state index contributed by atoms with van der Waals surface area (Å²) in [6.07, 6.45) is -3.87. The molecule has 0 amide bonds. The number of carbonyl (C=O) groups excluding carboxylic acids is 1. The molecule has 2 aromatic rings. The highest BCUT2D eigenvalue weighted by molar-refractivity contribution is 6.10. The van der Waals surface area contributed by atoms with Crippen LogP contribution >= 0.6 is 0 Å². The third-order valence-corrected chi connectivity index (χ3v) is 5.67. The van der Waals surface area contributed by atoms with Crippen LogP contribution in [-0.2, 0) is 16.4 Å². The third kappa shape index (κ3) is 3.09. The molecule has 1 aliphatic rings. The van der Waals surface area contributed by atoms with E-state index in [1.54, 1.807) is 20.8 Å². The van der Waals surface area contributed by atoms with Gasteiger partial charge >= 0.3 is 6.18 Å². The van der Waals surface area contributed by atoms with Crippen molar-refractivity contribution in [1.29, 1.82) is 0 Å². The van der Waals surface area contributed by atoms with Crippen LogP contribution in [0.1, 0.15) is 56.9 Å². The Morgan fingerprint density at radius 2 is 1.69 bits per heavy atom. The number of benzene rings is 1. The molecule has 1 aromatic heterocycles. The van der Waals surface area contributed by atoms with Crippen LogP contribution in [-0.4, -0.2) is 10.9 Å². The molecule has 1 N–H and O–H groups in total. The Morgan fingerprint density at radius 1 is 1.07 bits per heavy atom. The molecule has 0 saturated carbocycles. The number of carbonyl (C=O) groups is 1. The predicted octanol–water partition coefficient (Wildman–Crippen LogP) is 5.65. The van der Waals surface area contributed by atoms with Gasteiger partial charge < -0.3 is 9.52 Å². The summed E-state index contributed by atoms with van der Waals surface area (Å²) in [5.41, 5.74) is -3.14. The molecule has 3 rings (SSSR count). The zero-order valence-electron chi connectivity index (χ0n) is 16.3. The maximum absolute atomic E-state index is 13.5. The number of aliphatic hydroxyl groups excluding tert-OH is 1. The molecule has 0 spiro atoms. The van der Waals surface area contributed by atoms with E-state index in [1.807, 2.05) is 0 Å². The molecule has 154 valence electrons. The number of alkyl halides is 3. The van der Waals surface area contributed by atoms with E-state index in [0.717, 1.165) is 12.1 Å². The van der Waals surface area contributed by atoms with Crippen molar-refractivity contribution in [1.82, 2.24) is 0 Å². The molecule has 0 saturated heterocycles. The standard InChI is InChI=1S/C22H21F3O4/c1-4-12-18(27)17-15(26)11-16(13-9-7-8-10-14(13)22(23,24)25)29-20(17)21(5-2,6-3)19(12)28/h7-11,27H,4-6H2,1-3H3. The summed E-state index contributed by atoms with van der Waals surface area (Å²) < 4.78 is 46.2. The minimum atomic E-state index is -4.65. The number of hydrogen-bond donors (Lipinski definition) is 1. The monoisotopic (exact) mass is 406 g/mol. The first-order chi connectivity index (χ1) is 13.6. The molecule has 0 fully saturated rings. The largest absolute Gasteiger partial charge is 0.507 e. The van der Waals surface area contributed by atoms with Crippen molar-refractivity contribution in [3.8, 4) is 11.3 Å². The van der Waals surface area contributed by atoms with Crippen molar-refractivity contribution >= 4 is 11.5 Å². The van der Waals surface area contributed by atoms with Gasteiger partial charge in [0.15, 0.2) is 11.2 Å². The second-order valence-corrected chi connectivity index (χ2v) is 7.02. The maximum atomic E-state index is 13.5. The van der Waals surface area contributed by atoms with Gasteiger partial charge in [-0.2, -0.15) is 13.2 Å². The van der Waals surface area contributed by atoms with Gasteiger partial charge in [0.05, 0.1) is 11.0 Å². The number of allylic oxidation sites excluding steroid dienone is 1. The lowest BCUT2D eigenvalue weighted by Crippen LogP contribution is -2.41. The lowest BCUT2D eigenvalue weighted by Gasteiger charge is -2.35. The van der Waals surface area contributed by atoms with E-state index in [1.165, 1.54) is 18.2 Å². The fourth-order valence-electron chi connectivity index (χ4n) is 4.00. The summed E-state index contributed by atoms with van der Waals surface area (Å²) >= 11 is 0. The molecule has 0 bridgehead atoms. The van der Waals surface area contributed by atoms with E-state index in [0.29, 0.717) is 0 Å². The Kier molecular flexibility index (Phi) is 5.19. The van der Waals surface area contributed by atoms with E-state index >= 15 is 0 Å². The van der Waals surface area contributed by atoms with E-state index in [2.05, 4.69) is 0 Å². The van der Waals surface area contributed by atoms with Gasteiger partial charge in [-0.1, -0.05) is 39.0 Å². The van der Waals surface area contributed by atoms with Crippen molar-refractivity contribution in [2.24, 2.45) is 0 Å². The van der Waals surface area contributed by atoms with Gasteiger partial charge in [0, 0.05) is 17.2 Å². The third-order valence-electron chi connectivity index (χ3n) is 5.67. The first-order valence-electron chi connectivity index (χ1n) is 9.44. The van der Waals surface area contributed by atoms with E-state index < -0.39 is 28.3 Å². The molecule has 1 heterocycles. The molecule has 0 radical (unpaired) electrons.